The molecule has 11 heavy (non-hydrogen) atoms. The molecule has 0 radical (unpaired) electrons. The Morgan fingerprint density at radius 2 is 2.18 bits per heavy atom. The summed E-state index contributed by atoms with van der Waals surface area (Å²) in [5.41, 5.74) is 0. The predicted molar refractivity (Wildman–Crippen MR) is 48.8 cm³/mol. The van der Waals surface area contributed by atoms with Crippen molar-refractivity contribution in [1.82, 2.24) is 5.32 Å². The molecule has 0 amide bonds. The molecular weight excluding hydrogens is 138 g/mol. The van der Waals surface area contributed by atoms with Gasteiger partial charge < -0.3 is 10.1 Å². The molecule has 0 saturated heterocycles. The summed E-state index contributed by atoms with van der Waals surface area (Å²) in [6, 6.07) is 0. The van der Waals surface area contributed by atoms with Crippen molar-refractivity contribution < 1.29 is 4.74 Å². The molecule has 0 aromatic heterocycles. The van der Waals surface area contributed by atoms with E-state index in [2.05, 4.69) is 11.9 Å². The van der Waals surface area contributed by atoms with Crippen molar-refractivity contribution in [3.63, 3.8) is 0 Å². The summed E-state index contributed by atoms with van der Waals surface area (Å²) in [4.78, 5) is 0. The normalized spacial score (nSPS) is 10.5. The van der Waals surface area contributed by atoms with Crippen molar-refractivity contribution in [2.75, 3.05) is 19.7 Å². The molecule has 0 atom stereocenters. The summed E-state index contributed by atoms with van der Waals surface area (Å²) in [6.07, 6.45) is 3.29. The third-order valence-electron chi connectivity index (χ3n) is 1.26. The maximum absolute atomic E-state index is 5.33. The zero-order valence-corrected chi connectivity index (χ0v) is 7.60. The molecule has 0 rings (SSSR count). The monoisotopic (exact) mass is 157 g/mol. The van der Waals surface area contributed by atoms with Gasteiger partial charge in [-0.05, 0) is 26.8 Å². The molecule has 2 nitrogen and oxygen atoms in total. The van der Waals surface area contributed by atoms with Crippen molar-refractivity contribution in [3.8, 4) is 0 Å². The minimum Gasteiger partial charge on any atom is -0.377 e. The molecule has 0 aliphatic rings. The van der Waals surface area contributed by atoms with Crippen molar-refractivity contribution in [2.45, 2.75) is 26.4 Å². The van der Waals surface area contributed by atoms with Gasteiger partial charge in [0.15, 0.2) is 0 Å². The standard InChI is InChI=1S/C9H19NO/c1-4-5-6-10-7-8-11-9(2)3/h4,9-10H,1,5-8H2,2-3H3. The highest BCUT2D eigenvalue weighted by Gasteiger charge is 1.90. The van der Waals surface area contributed by atoms with Gasteiger partial charge in [0.2, 0.25) is 0 Å². The number of rotatable bonds is 7. The molecule has 0 bridgehead atoms. The minimum atomic E-state index is 0.344. The number of hydrogen-bond donors (Lipinski definition) is 1. The van der Waals surface area contributed by atoms with Crippen LogP contribution in [-0.4, -0.2) is 25.8 Å². The van der Waals surface area contributed by atoms with Crippen LogP contribution in [0.25, 0.3) is 0 Å². The zero-order valence-electron chi connectivity index (χ0n) is 7.60. The second kappa shape index (κ2) is 7.76. The van der Waals surface area contributed by atoms with Crippen LogP contribution in [0.2, 0.25) is 0 Å². The maximum atomic E-state index is 5.33. The van der Waals surface area contributed by atoms with E-state index in [0.29, 0.717) is 6.10 Å². The molecule has 1 N–H and O–H groups in total. The fourth-order valence-corrected chi connectivity index (χ4v) is 0.696. The second-order valence-corrected chi connectivity index (χ2v) is 2.75. The van der Waals surface area contributed by atoms with Gasteiger partial charge in [0.05, 0.1) is 12.7 Å². The van der Waals surface area contributed by atoms with Crippen molar-refractivity contribution >= 4 is 0 Å². The van der Waals surface area contributed by atoms with Crippen LogP contribution in [0.1, 0.15) is 20.3 Å². The topological polar surface area (TPSA) is 21.3 Å². The van der Waals surface area contributed by atoms with Gasteiger partial charge in [0, 0.05) is 6.54 Å². The van der Waals surface area contributed by atoms with Crippen LogP contribution in [0.5, 0.6) is 0 Å². The zero-order chi connectivity index (χ0) is 8.53. The Hall–Kier alpha value is -0.340. The van der Waals surface area contributed by atoms with Crippen LogP contribution >= 0.6 is 0 Å². The Balaban J connectivity index is 2.85. The van der Waals surface area contributed by atoms with Crippen molar-refractivity contribution in [3.05, 3.63) is 12.7 Å². The lowest BCUT2D eigenvalue weighted by Crippen LogP contribution is -2.21. The molecule has 0 saturated carbocycles. The summed E-state index contributed by atoms with van der Waals surface area (Å²) in [6.45, 7) is 10.5. The van der Waals surface area contributed by atoms with Gasteiger partial charge in [0.1, 0.15) is 0 Å². The van der Waals surface area contributed by atoms with Crippen LogP contribution in [0, 0.1) is 0 Å². The van der Waals surface area contributed by atoms with Gasteiger partial charge in [-0.15, -0.1) is 6.58 Å². The highest BCUT2D eigenvalue weighted by Crippen LogP contribution is 1.84. The third kappa shape index (κ3) is 9.66. The van der Waals surface area contributed by atoms with Gasteiger partial charge in [-0.25, -0.2) is 0 Å². The van der Waals surface area contributed by atoms with Gasteiger partial charge in [-0.2, -0.15) is 0 Å². The van der Waals surface area contributed by atoms with Crippen LogP contribution in [0.4, 0.5) is 0 Å². The van der Waals surface area contributed by atoms with Crippen LogP contribution in [0.3, 0.4) is 0 Å². The summed E-state index contributed by atoms with van der Waals surface area (Å²) in [5, 5.41) is 3.25. The smallest absolute Gasteiger partial charge is 0.0594 e. The quantitative estimate of drug-likeness (QED) is 0.447. The molecule has 0 heterocycles. The van der Waals surface area contributed by atoms with Crippen LogP contribution in [0.15, 0.2) is 12.7 Å². The molecule has 0 fully saturated rings. The first kappa shape index (κ1) is 10.7. The maximum Gasteiger partial charge on any atom is 0.0594 e. The van der Waals surface area contributed by atoms with Gasteiger partial charge in [0.25, 0.3) is 0 Å². The van der Waals surface area contributed by atoms with Crippen molar-refractivity contribution in [1.29, 1.82) is 0 Å². The van der Waals surface area contributed by atoms with E-state index in [1.54, 1.807) is 0 Å². The van der Waals surface area contributed by atoms with Crippen molar-refractivity contribution in [2.24, 2.45) is 0 Å². The molecular formula is C9H19NO. The predicted octanol–water partition coefficient (Wildman–Crippen LogP) is 1.58. The lowest BCUT2D eigenvalue weighted by atomic mass is 10.4. The van der Waals surface area contributed by atoms with E-state index in [1.807, 2.05) is 19.9 Å². The lowest BCUT2D eigenvalue weighted by molar-refractivity contribution is 0.0810. The van der Waals surface area contributed by atoms with Gasteiger partial charge >= 0.3 is 0 Å². The summed E-state index contributed by atoms with van der Waals surface area (Å²) >= 11 is 0. The first-order valence-electron chi connectivity index (χ1n) is 4.20. The average Bonchev–Trinajstić information content (AvgIpc) is 1.96. The summed E-state index contributed by atoms with van der Waals surface area (Å²) in [7, 11) is 0. The largest absolute Gasteiger partial charge is 0.377 e. The van der Waals surface area contributed by atoms with Gasteiger partial charge in [-0.3, -0.25) is 0 Å². The fraction of sp³-hybridized carbons (Fsp3) is 0.778. The molecule has 0 unspecified atom stereocenters. The average molecular weight is 157 g/mol. The van der Waals surface area contributed by atoms with E-state index in [9.17, 15) is 0 Å². The lowest BCUT2D eigenvalue weighted by Gasteiger charge is -2.07. The number of nitrogens with one attached hydrogen (secondary N) is 1. The molecule has 2 heteroatoms. The molecule has 0 aliphatic carbocycles. The molecule has 0 aliphatic heterocycles. The molecule has 66 valence electrons. The molecule has 0 aromatic rings. The Kier molecular flexibility index (Phi) is 7.52. The van der Waals surface area contributed by atoms with Gasteiger partial charge in [-0.1, -0.05) is 6.08 Å². The van der Waals surface area contributed by atoms with E-state index < -0.39 is 0 Å². The highest BCUT2D eigenvalue weighted by molar-refractivity contribution is 4.67. The summed E-state index contributed by atoms with van der Waals surface area (Å²) in [5.74, 6) is 0. The first-order chi connectivity index (χ1) is 5.27. The number of hydrogen-bond acceptors (Lipinski definition) is 2. The van der Waals surface area contributed by atoms with Crippen LogP contribution < -0.4 is 5.32 Å². The Morgan fingerprint density at radius 3 is 2.73 bits per heavy atom. The Bertz CT molecular complexity index is 91.6. The van der Waals surface area contributed by atoms with E-state index in [-0.39, 0.29) is 0 Å². The van der Waals surface area contributed by atoms with Crippen LogP contribution in [-0.2, 0) is 4.74 Å². The van der Waals surface area contributed by atoms with E-state index in [4.69, 9.17) is 4.74 Å². The Labute approximate surface area is 69.6 Å². The molecule has 0 spiro atoms. The minimum absolute atomic E-state index is 0.344. The first-order valence-corrected chi connectivity index (χ1v) is 4.20. The second-order valence-electron chi connectivity index (χ2n) is 2.75. The highest BCUT2D eigenvalue weighted by atomic mass is 16.5. The van der Waals surface area contributed by atoms with E-state index in [1.165, 1.54) is 0 Å². The third-order valence-corrected chi connectivity index (χ3v) is 1.26. The Morgan fingerprint density at radius 1 is 1.45 bits per heavy atom. The van der Waals surface area contributed by atoms with E-state index >= 15 is 0 Å². The summed E-state index contributed by atoms with van der Waals surface area (Å²) < 4.78 is 5.33. The SMILES string of the molecule is C=CCCNCCOC(C)C. The molecule has 0 aromatic carbocycles. The fourth-order valence-electron chi connectivity index (χ4n) is 0.696. The van der Waals surface area contributed by atoms with E-state index in [0.717, 1.165) is 26.1 Å². The number of ether oxygens (including phenoxy) is 1.